The van der Waals surface area contributed by atoms with Crippen molar-refractivity contribution in [3.63, 3.8) is 0 Å². The molecule has 2 aromatic rings. The van der Waals surface area contributed by atoms with E-state index >= 15 is 0 Å². The lowest BCUT2D eigenvalue weighted by Gasteiger charge is -2.42. The zero-order valence-corrected chi connectivity index (χ0v) is 13.5. The molecular weight excluding hydrogens is 307 g/mol. The van der Waals surface area contributed by atoms with Crippen LogP contribution in [0.4, 0.5) is 10.3 Å². The first-order chi connectivity index (χ1) is 11.7. The van der Waals surface area contributed by atoms with E-state index in [1.807, 2.05) is 12.1 Å². The van der Waals surface area contributed by atoms with Gasteiger partial charge in [-0.15, -0.1) is 0 Å². The highest BCUT2D eigenvalue weighted by Crippen LogP contribution is 2.43. The summed E-state index contributed by atoms with van der Waals surface area (Å²) in [6, 6.07) is 8.37. The molecule has 6 heteroatoms. The molecule has 1 aliphatic carbocycles. The maximum absolute atomic E-state index is 13.1. The SMILES string of the molecule is O=C(CCNc1ncccn1)NCC1(c2ccc(F)cc2)CCC1. The maximum atomic E-state index is 13.1. The van der Waals surface area contributed by atoms with E-state index in [1.54, 1.807) is 18.5 Å². The Morgan fingerprint density at radius 2 is 1.88 bits per heavy atom. The lowest BCUT2D eigenvalue weighted by Crippen LogP contribution is -2.45. The molecule has 0 aliphatic heterocycles. The Balaban J connectivity index is 1.47. The number of hydrogen-bond donors (Lipinski definition) is 2. The lowest BCUT2D eigenvalue weighted by molar-refractivity contribution is -0.121. The number of nitrogens with zero attached hydrogens (tertiary/aromatic N) is 2. The van der Waals surface area contributed by atoms with Gasteiger partial charge in [0.15, 0.2) is 0 Å². The van der Waals surface area contributed by atoms with E-state index in [4.69, 9.17) is 0 Å². The van der Waals surface area contributed by atoms with Crippen molar-refractivity contribution in [2.45, 2.75) is 31.1 Å². The van der Waals surface area contributed by atoms with Crippen LogP contribution in [-0.2, 0) is 10.2 Å². The van der Waals surface area contributed by atoms with Gasteiger partial charge in [-0.2, -0.15) is 0 Å². The van der Waals surface area contributed by atoms with Crippen LogP contribution in [-0.4, -0.2) is 29.0 Å². The van der Waals surface area contributed by atoms with E-state index < -0.39 is 0 Å². The normalized spacial score (nSPS) is 15.4. The summed E-state index contributed by atoms with van der Waals surface area (Å²) in [4.78, 5) is 20.1. The third-order valence-corrected chi connectivity index (χ3v) is 4.59. The Kier molecular flexibility index (Phi) is 5.03. The number of halogens is 1. The van der Waals surface area contributed by atoms with Crippen molar-refractivity contribution in [1.29, 1.82) is 0 Å². The molecule has 1 fully saturated rings. The molecule has 5 nitrogen and oxygen atoms in total. The molecule has 0 spiro atoms. The van der Waals surface area contributed by atoms with E-state index in [0.717, 1.165) is 24.8 Å². The molecule has 1 amide bonds. The zero-order chi connectivity index (χ0) is 16.8. The number of benzene rings is 1. The van der Waals surface area contributed by atoms with Gasteiger partial charge >= 0.3 is 0 Å². The van der Waals surface area contributed by atoms with Crippen LogP contribution in [0.5, 0.6) is 0 Å². The summed E-state index contributed by atoms with van der Waals surface area (Å²) in [5.41, 5.74) is 1.06. The van der Waals surface area contributed by atoms with Crippen LogP contribution in [0, 0.1) is 5.82 Å². The minimum atomic E-state index is -0.230. The fourth-order valence-electron chi connectivity index (χ4n) is 3.01. The van der Waals surface area contributed by atoms with Crippen molar-refractivity contribution in [1.82, 2.24) is 15.3 Å². The molecule has 1 aromatic heterocycles. The van der Waals surface area contributed by atoms with Crippen molar-refractivity contribution in [3.8, 4) is 0 Å². The number of carbonyl (C=O) groups excluding carboxylic acids is 1. The van der Waals surface area contributed by atoms with E-state index in [1.165, 1.54) is 12.1 Å². The van der Waals surface area contributed by atoms with Gasteiger partial charge in [0.25, 0.3) is 0 Å². The van der Waals surface area contributed by atoms with Gasteiger partial charge in [0.05, 0.1) is 0 Å². The molecule has 1 aliphatic rings. The van der Waals surface area contributed by atoms with Crippen molar-refractivity contribution in [2.24, 2.45) is 0 Å². The topological polar surface area (TPSA) is 66.9 Å². The van der Waals surface area contributed by atoms with Gasteiger partial charge in [-0.3, -0.25) is 4.79 Å². The van der Waals surface area contributed by atoms with Gasteiger partial charge in [0, 0.05) is 37.3 Å². The summed E-state index contributed by atoms with van der Waals surface area (Å²) in [6.07, 6.45) is 6.85. The molecule has 0 radical (unpaired) electrons. The zero-order valence-electron chi connectivity index (χ0n) is 13.5. The quantitative estimate of drug-likeness (QED) is 0.820. The number of hydrogen-bond acceptors (Lipinski definition) is 4. The monoisotopic (exact) mass is 328 g/mol. The highest BCUT2D eigenvalue weighted by Gasteiger charge is 2.38. The number of aromatic nitrogens is 2. The van der Waals surface area contributed by atoms with Crippen molar-refractivity contribution in [3.05, 3.63) is 54.1 Å². The molecule has 3 rings (SSSR count). The molecule has 0 unspecified atom stereocenters. The van der Waals surface area contributed by atoms with Crippen molar-refractivity contribution in [2.75, 3.05) is 18.4 Å². The molecule has 2 N–H and O–H groups in total. The van der Waals surface area contributed by atoms with Gasteiger partial charge < -0.3 is 10.6 Å². The summed E-state index contributed by atoms with van der Waals surface area (Å²) in [6.45, 7) is 1.08. The molecule has 0 saturated heterocycles. The summed E-state index contributed by atoms with van der Waals surface area (Å²) < 4.78 is 13.1. The van der Waals surface area contributed by atoms with Gasteiger partial charge in [0.2, 0.25) is 11.9 Å². The standard InChI is InChI=1S/C18H21FN4O/c19-15-5-3-14(4-6-15)18(8-1-9-18)13-23-16(24)7-12-22-17-20-10-2-11-21-17/h2-6,10-11H,1,7-9,12-13H2,(H,23,24)(H,20,21,22). The first kappa shape index (κ1) is 16.4. The molecule has 24 heavy (non-hydrogen) atoms. The van der Waals surface area contributed by atoms with Crippen LogP contribution >= 0.6 is 0 Å². The van der Waals surface area contributed by atoms with Gasteiger partial charge in [-0.05, 0) is 36.6 Å². The van der Waals surface area contributed by atoms with Crippen LogP contribution in [0.25, 0.3) is 0 Å². The van der Waals surface area contributed by atoms with Crippen molar-refractivity contribution < 1.29 is 9.18 Å². The highest BCUT2D eigenvalue weighted by molar-refractivity contribution is 5.76. The van der Waals surface area contributed by atoms with Gasteiger partial charge in [-0.25, -0.2) is 14.4 Å². The molecular formula is C18H21FN4O. The predicted octanol–water partition coefficient (Wildman–Crippen LogP) is 2.66. The van der Waals surface area contributed by atoms with Gasteiger partial charge in [-0.1, -0.05) is 18.6 Å². The number of rotatable bonds is 7. The second-order valence-corrected chi connectivity index (χ2v) is 6.17. The van der Waals surface area contributed by atoms with E-state index in [2.05, 4.69) is 20.6 Å². The summed E-state index contributed by atoms with van der Waals surface area (Å²) >= 11 is 0. The Hall–Kier alpha value is -2.50. The van der Waals surface area contributed by atoms with E-state index in [-0.39, 0.29) is 17.1 Å². The average Bonchev–Trinajstić information content (AvgIpc) is 2.56. The first-order valence-electron chi connectivity index (χ1n) is 8.22. The Morgan fingerprint density at radius 1 is 1.17 bits per heavy atom. The van der Waals surface area contributed by atoms with Crippen LogP contribution in [0.1, 0.15) is 31.2 Å². The predicted molar refractivity (Wildman–Crippen MR) is 90.1 cm³/mol. The fourth-order valence-corrected chi connectivity index (χ4v) is 3.01. The van der Waals surface area contributed by atoms with Gasteiger partial charge in [0.1, 0.15) is 5.82 Å². The Morgan fingerprint density at radius 3 is 2.50 bits per heavy atom. The minimum absolute atomic E-state index is 0.00758. The van der Waals surface area contributed by atoms with Crippen LogP contribution in [0.2, 0.25) is 0 Å². The fraction of sp³-hybridized carbons (Fsp3) is 0.389. The largest absolute Gasteiger partial charge is 0.355 e. The molecule has 126 valence electrons. The minimum Gasteiger partial charge on any atom is -0.355 e. The van der Waals surface area contributed by atoms with Crippen LogP contribution in [0.15, 0.2) is 42.7 Å². The summed E-state index contributed by atoms with van der Waals surface area (Å²) in [5.74, 6) is 0.283. The Bertz CT molecular complexity index is 671. The van der Waals surface area contributed by atoms with Crippen LogP contribution in [0.3, 0.4) is 0 Å². The average molecular weight is 328 g/mol. The molecule has 0 bridgehead atoms. The molecule has 0 atom stereocenters. The number of nitrogens with one attached hydrogen (secondary N) is 2. The summed E-state index contributed by atoms with van der Waals surface area (Å²) in [7, 11) is 0. The van der Waals surface area contributed by atoms with Crippen molar-refractivity contribution >= 4 is 11.9 Å². The number of amides is 1. The lowest BCUT2D eigenvalue weighted by atomic mass is 9.64. The Labute approximate surface area is 140 Å². The first-order valence-corrected chi connectivity index (χ1v) is 8.22. The summed E-state index contributed by atoms with van der Waals surface area (Å²) in [5, 5.41) is 6.03. The van der Waals surface area contributed by atoms with E-state index in [0.29, 0.717) is 25.5 Å². The van der Waals surface area contributed by atoms with E-state index in [9.17, 15) is 9.18 Å². The smallest absolute Gasteiger partial charge is 0.222 e. The van der Waals surface area contributed by atoms with Crippen LogP contribution < -0.4 is 10.6 Å². The maximum Gasteiger partial charge on any atom is 0.222 e. The second kappa shape index (κ2) is 7.38. The second-order valence-electron chi connectivity index (χ2n) is 6.17. The number of carbonyl (C=O) groups is 1. The third-order valence-electron chi connectivity index (χ3n) is 4.59. The third kappa shape index (κ3) is 3.88. The number of anilines is 1. The molecule has 1 heterocycles. The molecule has 1 saturated carbocycles. The molecule has 1 aromatic carbocycles. The highest BCUT2D eigenvalue weighted by atomic mass is 19.1.